The van der Waals surface area contributed by atoms with Crippen molar-refractivity contribution in [1.82, 2.24) is 4.90 Å². The molecule has 4 nitrogen and oxygen atoms in total. The molecule has 7 heteroatoms. The smallest absolute Gasteiger partial charge is 0.209 e. The number of aliphatic imine (C=N–C) groups is 1. The zero-order chi connectivity index (χ0) is 18.7. The molecule has 25 heavy (non-hydrogen) atoms. The zero-order valence-corrected chi connectivity index (χ0v) is 17.7. The van der Waals surface area contributed by atoms with Gasteiger partial charge in [0.15, 0.2) is 0 Å². The van der Waals surface area contributed by atoms with Gasteiger partial charge in [0.2, 0.25) is 5.78 Å². The van der Waals surface area contributed by atoms with Crippen LogP contribution in [0.4, 0.5) is 0 Å². The van der Waals surface area contributed by atoms with Crippen LogP contribution in [0, 0.1) is 0 Å². The molecule has 1 aromatic rings. The highest BCUT2D eigenvalue weighted by Crippen LogP contribution is 2.35. The topological polar surface area (TPSA) is 52.9 Å². The Kier molecular flexibility index (Phi) is 6.65. The van der Waals surface area contributed by atoms with Crippen LogP contribution in [-0.4, -0.2) is 22.0 Å². The first-order valence-electron chi connectivity index (χ1n) is 7.64. The molecule has 0 saturated heterocycles. The van der Waals surface area contributed by atoms with E-state index >= 15 is 0 Å². The number of carbonyl (C=O) groups excluding carboxylic acids is 1. The van der Waals surface area contributed by atoms with Crippen molar-refractivity contribution in [3.8, 4) is 5.75 Å². The summed E-state index contributed by atoms with van der Waals surface area (Å²) in [7, 11) is 0. The molecule has 0 atom stereocenters. The lowest BCUT2D eigenvalue weighted by atomic mass is 9.99. The molecule has 1 heterocycles. The molecule has 1 aliphatic rings. The molecule has 0 aromatic heterocycles. The van der Waals surface area contributed by atoms with Gasteiger partial charge in [0.05, 0.1) is 19.7 Å². The number of carbonyl (C=O) groups is 1. The minimum absolute atomic E-state index is 0.0446. The maximum absolute atomic E-state index is 13.3. The van der Waals surface area contributed by atoms with Gasteiger partial charge in [0.25, 0.3) is 0 Å². The lowest BCUT2D eigenvalue weighted by Crippen LogP contribution is -2.25. The van der Waals surface area contributed by atoms with Crippen molar-refractivity contribution in [3.63, 3.8) is 0 Å². The van der Waals surface area contributed by atoms with E-state index in [1.807, 2.05) is 13.8 Å². The van der Waals surface area contributed by atoms with Gasteiger partial charge in [0.1, 0.15) is 11.6 Å². The van der Waals surface area contributed by atoms with E-state index in [0.717, 1.165) is 5.57 Å². The van der Waals surface area contributed by atoms with E-state index in [4.69, 9.17) is 11.6 Å². The van der Waals surface area contributed by atoms with Crippen LogP contribution < -0.4 is 0 Å². The highest BCUT2D eigenvalue weighted by Gasteiger charge is 2.25. The Morgan fingerprint density at radius 2 is 1.84 bits per heavy atom. The van der Waals surface area contributed by atoms with E-state index in [-0.39, 0.29) is 11.5 Å². The number of allylic oxidation sites excluding steroid dienone is 3. The summed E-state index contributed by atoms with van der Waals surface area (Å²) >= 11 is 12.6. The monoisotopic (exact) mass is 486 g/mol. The van der Waals surface area contributed by atoms with Crippen LogP contribution in [0.2, 0.25) is 0 Å². The first-order chi connectivity index (χ1) is 11.8. The second kappa shape index (κ2) is 8.34. The lowest BCUT2D eigenvalue weighted by molar-refractivity contribution is 0.101. The minimum atomic E-state index is -0.195. The van der Waals surface area contributed by atoms with Gasteiger partial charge >= 0.3 is 0 Å². The minimum Gasteiger partial charge on any atom is -0.506 e. The number of nitrogens with zero attached hydrogens (tertiary/aromatic N) is 2. The van der Waals surface area contributed by atoms with Crippen LogP contribution in [0.25, 0.3) is 0 Å². The third-order valence-corrected chi connectivity index (χ3v) is 5.20. The predicted octanol–water partition coefficient (Wildman–Crippen LogP) is 6.11. The number of aromatic hydroxyl groups is 1. The van der Waals surface area contributed by atoms with Crippen molar-refractivity contribution in [2.45, 2.75) is 26.7 Å². The molecule has 132 valence electrons. The van der Waals surface area contributed by atoms with Crippen LogP contribution in [0.3, 0.4) is 0 Å². The normalized spacial score (nSPS) is 13.7. The summed E-state index contributed by atoms with van der Waals surface area (Å²) in [4.78, 5) is 19.1. The molecule has 0 saturated carbocycles. The summed E-state index contributed by atoms with van der Waals surface area (Å²) < 4.78 is 0.867. The summed E-state index contributed by atoms with van der Waals surface area (Å²) in [6.07, 6.45) is 4.54. The number of ketones is 1. The Morgan fingerprint density at radius 1 is 1.28 bits per heavy atom. The molecule has 0 spiro atoms. The fraction of sp³-hybridized carbons (Fsp3) is 0.222. The zero-order valence-electron chi connectivity index (χ0n) is 13.8. The molecular formula is C18H17Br2ClN2O2. The number of hydrogen-bond acceptors (Lipinski definition) is 4. The number of hydrogen-bond donors (Lipinski definition) is 1. The van der Waals surface area contributed by atoms with Crippen LogP contribution >= 0.6 is 43.5 Å². The fourth-order valence-electron chi connectivity index (χ4n) is 2.48. The van der Waals surface area contributed by atoms with Crippen LogP contribution in [0.15, 0.2) is 61.0 Å². The molecular weight excluding hydrogens is 471 g/mol. The van der Waals surface area contributed by atoms with Crippen molar-refractivity contribution in [1.29, 1.82) is 0 Å². The average molecular weight is 489 g/mol. The SMILES string of the molecule is C=C1N=CC(Cl)=CN1C(C(=O)c1cc(Br)c(O)c(Br)c1)=C(CC)CC. The Hall–Kier alpha value is -1.37. The molecule has 0 radical (unpaired) electrons. The van der Waals surface area contributed by atoms with Crippen molar-refractivity contribution in [3.05, 3.63) is 61.5 Å². The third-order valence-electron chi connectivity index (χ3n) is 3.79. The highest BCUT2D eigenvalue weighted by molar-refractivity contribution is 9.11. The van der Waals surface area contributed by atoms with E-state index in [9.17, 15) is 9.90 Å². The van der Waals surface area contributed by atoms with Gasteiger partial charge in [-0.2, -0.15) is 0 Å². The van der Waals surface area contributed by atoms with Gasteiger partial charge in [0, 0.05) is 18.0 Å². The number of Topliss-reactive ketones (excluding diaryl/α,β-unsaturated/α-hetero) is 1. The first-order valence-corrected chi connectivity index (χ1v) is 9.60. The van der Waals surface area contributed by atoms with Crippen LogP contribution in [0.5, 0.6) is 5.75 Å². The van der Waals surface area contributed by atoms with Gasteiger partial charge in [-0.05, 0) is 62.4 Å². The average Bonchev–Trinajstić information content (AvgIpc) is 2.58. The van der Waals surface area contributed by atoms with Crippen molar-refractivity contribution < 1.29 is 9.90 Å². The Balaban J connectivity index is 2.62. The predicted molar refractivity (Wildman–Crippen MR) is 109 cm³/mol. The Bertz CT molecular complexity index is 799. The molecule has 0 fully saturated rings. The lowest BCUT2D eigenvalue weighted by Gasteiger charge is -2.27. The quantitative estimate of drug-likeness (QED) is 0.402. The number of phenolic OH excluding ortho intramolecular Hbond substituents is 1. The highest BCUT2D eigenvalue weighted by atomic mass is 79.9. The molecule has 0 amide bonds. The number of rotatable bonds is 5. The van der Waals surface area contributed by atoms with Gasteiger partial charge in [-0.1, -0.05) is 32.0 Å². The standard InChI is InChI=1S/C18H17Br2ClN2O2/c1-4-11(5-2)16(23-9-13(21)8-22-10(23)3)17(24)12-6-14(19)18(25)15(20)7-12/h6-9,25H,3-5H2,1-2H3. The van der Waals surface area contributed by atoms with E-state index in [2.05, 4.69) is 43.4 Å². The largest absolute Gasteiger partial charge is 0.506 e. The van der Waals surface area contributed by atoms with E-state index in [1.54, 1.807) is 23.2 Å². The molecule has 0 aliphatic carbocycles. The molecule has 1 aliphatic heterocycles. The van der Waals surface area contributed by atoms with Crippen molar-refractivity contribution >= 4 is 55.5 Å². The van der Waals surface area contributed by atoms with Crippen LogP contribution in [0.1, 0.15) is 37.0 Å². The Morgan fingerprint density at radius 3 is 2.36 bits per heavy atom. The third kappa shape index (κ3) is 4.25. The summed E-state index contributed by atoms with van der Waals surface area (Å²) in [5.74, 6) is 0.270. The second-order valence-electron chi connectivity index (χ2n) is 5.34. The second-order valence-corrected chi connectivity index (χ2v) is 7.48. The van der Waals surface area contributed by atoms with Crippen molar-refractivity contribution in [2.75, 3.05) is 0 Å². The number of phenols is 1. The molecule has 0 bridgehead atoms. The molecule has 2 rings (SSSR count). The van der Waals surface area contributed by atoms with Gasteiger partial charge < -0.3 is 5.11 Å². The van der Waals surface area contributed by atoms with Crippen LogP contribution in [-0.2, 0) is 0 Å². The first kappa shape index (κ1) is 19.9. The molecule has 1 N–H and O–H groups in total. The summed E-state index contributed by atoms with van der Waals surface area (Å²) in [5.41, 5.74) is 1.87. The fourth-order valence-corrected chi connectivity index (χ4v) is 3.81. The molecule has 1 aromatic carbocycles. The van der Waals surface area contributed by atoms with Crippen molar-refractivity contribution in [2.24, 2.45) is 4.99 Å². The number of halogens is 3. The van der Waals surface area contributed by atoms with Gasteiger partial charge in [-0.3, -0.25) is 9.69 Å². The summed E-state index contributed by atoms with van der Waals surface area (Å²) in [6, 6.07) is 3.18. The van der Waals surface area contributed by atoms with E-state index in [0.29, 0.717) is 43.9 Å². The van der Waals surface area contributed by atoms with E-state index in [1.165, 1.54) is 6.21 Å². The summed E-state index contributed by atoms with van der Waals surface area (Å²) in [6.45, 7) is 7.90. The van der Waals surface area contributed by atoms with Gasteiger partial charge in [-0.15, -0.1) is 0 Å². The van der Waals surface area contributed by atoms with Gasteiger partial charge in [-0.25, -0.2) is 4.99 Å². The Labute approximate surface area is 168 Å². The summed E-state index contributed by atoms with van der Waals surface area (Å²) in [5, 5.41) is 10.3. The maximum atomic E-state index is 13.3. The van der Waals surface area contributed by atoms with E-state index < -0.39 is 0 Å². The molecule has 0 unspecified atom stereocenters. The number of benzene rings is 1. The maximum Gasteiger partial charge on any atom is 0.209 e.